The number of phenolic OH excluding ortho intramolecular Hbond substituents is 1. The van der Waals surface area contributed by atoms with Gasteiger partial charge in [-0.25, -0.2) is 13.6 Å². The van der Waals surface area contributed by atoms with Gasteiger partial charge in [0, 0.05) is 24.8 Å². The van der Waals surface area contributed by atoms with Crippen LogP contribution in [0.5, 0.6) is 11.8 Å². The van der Waals surface area contributed by atoms with E-state index in [1.807, 2.05) is 6.92 Å². The number of carbonyl (C=O) groups excluding carboxylic acids is 2. The number of ether oxygens (including phenoxy) is 1. The van der Waals surface area contributed by atoms with Crippen molar-refractivity contribution >= 4 is 39.4 Å². The Bertz CT molecular complexity index is 1830. The van der Waals surface area contributed by atoms with E-state index in [-0.39, 0.29) is 70.8 Å². The second kappa shape index (κ2) is 11.4. The Morgan fingerprint density at radius 2 is 1.93 bits per heavy atom. The van der Waals surface area contributed by atoms with Crippen molar-refractivity contribution < 1.29 is 28.2 Å². The standard InChI is InChI=1S/C32H33F2N7O4/c1-2-20-23(33)6-5-18-13-19(42)14-21(25(18)20)27-26(34)28-22(15-36-27)29(35-9-12-41-24(43)16-37-31(41)44)39-30(38-28)45-17-32-7-3-10-40(32)11-4-8-32/h5-6,13-15,42H,2-4,7-12,16-17H2,1H3,(H,37,44)(H,35,38,39). The average molecular weight is 618 g/mol. The first kappa shape index (κ1) is 29.1. The van der Waals surface area contributed by atoms with Gasteiger partial charge in [-0.3, -0.25) is 19.6 Å². The number of anilines is 1. The maximum absolute atomic E-state index is 16.6. The lowest BCUT2D eigenvalue weighted by Gasteiger charge is -2.31. The monoisotopic (exact) mass is 617 g/mol. The van der Waals surface area contributed by atoms with Gasteiger partial charge in [0.05, 0.1) is 17.5 Å². The smallest absolute Gasteiger partial charge is 0.324 e. The van der Waals surface area contributed by atoms with Crippen LogP contribution in [-0.2, 0) is 11.2 Å². The van der Waals surface area contributed by atoms with E-state index in [9.17, 15) is 19.1 Å². The van der Waals surface area contributed by atoms with E-state index < -0.39 is 17.7 Å². The number of phenols is 1. The van der Waals surface area contributed by atoms with Gasteiger partial charge in [-0.15, -0.1) is 0 Å². The number of nitrogens with zero attached hydrogens (tertiary/aromatic N) is 5. The normalized spacial score (nSPS) is 17.8. The molecule has 0 saturated carbocycles. The third kappa shape index (κ3) is 5.04. The van der Waals surface area contributed by atoms with Crippen molar-refractivity contribution in [1.82, 2.24) is 30.1 Å². The van der Waals surface area contributed by atoms with Gasteiger partial charge in [0.25, 0.3) is 0 Å². The number of urea groups is 1. The van der Waals surface area contributed by atoms with E-state index in [2.05, 4.69) is 30.5 Å². The summed E-state index contributed by atoms with van der Waals surface area (Å²) >= 11 is 0. The molecule has 3 saturated heterocycles. The number of nitrogens with one attached hydrogen (secondary N) is 2. The Hall–Kier alpha value is -4.65. The molecule has 0 spiro atoms. The van der Waals surface area contributed by atoms with Crippen LogP contribution in [-0.4, -0.2) is 86.7 Å². The Morgan fingerprint density at radius 1 is 1.13 bits per heavy atom. The summed E-state index contributed by atoms with van der Waals surface area (Å²) in [6.45, 7) is 4.34. The number of carbonyl (C=O) groups is 2. The number of pyridine rings is 1. The van der Waals surface area contributed by atoms with Gasteiger partial charge in [0.1, 0.15) is 35.2 Å². The van der Waals surface area contributed by atoms with Crippen LogP contribution in [0.25, 0.3) is 32.9 Å². The second-order valence-electron chi connectivity index (χ2n) is 11.8. The molecule has 0 unspecified atom stereocenters. The highest BCUT2D eigenvalue weighted by Crippen LogP contribution is 2.40. The minimum Gasteiger partial charge on any atom is -0.508 e. The predicted molar refractivity (Wildman–Crippen MR) is 163 cm³/mol. The number of amides is 3. The van der Waals surface area contributed by atoms with Crippen molar-refractivity contribution in [3.63, 3.8) is 0 Å². The fourth-order valence-electron chi connectivity index (χ4n) is 7.08. The van der Waals surface area contributed by atoms with Crippen LogP contribution in [0.4, 0.5) is 19.4 Å². The molecule has 3 aliphatic rings. The minimum absolute atomic E-state index is 0.0229. The number of hydrogen-bond donors (Lipinski definition) is 3. The van der Waals surface area contributed by atoms with E-state index in [0.29, 0.717) is 29.4 Å². The molecule has 2 aromatic carbocycles. The molecular formula is C32H33F2N7O4. The highest BCUT2D eigenvalue weighted by Gasteiger charge is 2.45. The molecule has 13 heteroatoms. The lowest BCUT2D eigenvalue weighted by molar-refractivity contribution is -0.124. The van der Waals surface area contributed by atoms with Crippen molar-refractivity contribution in [2.75, 3.05) is 44.6 Å². The number of aromatic nitrogens is 3. The van der Waals surface area contributed by atoms with E-state index in [4.69, 9.17) is 4.74 Å². The van der Waals surface area contributed by atoms with Crippen LogP contribution in [0, 0.1) is 11.6 Å². The van der Waals surface area contributed by atoms with Crippen LogP contribution < -0.4 is 15.4 Å². The molecule has 0 bridgehead atoms. The largest absolute Gasteiger partial charge is 0.508 e. The van der Waals surface area contributed by atoms with Crippen molar-refractivity contribution in [2.45, 2.75) is 44.6 Å². The third-order valence-corrected chi connectivity index (χ3v) is 9.27. The zero-order chi connectivity index (χ0) is 31.3. The molecule has 3 aliphatic heterocycles. The van der Waals surface area contributed by atoms with Gasteiger partial charge in [-0.2, -0.15) is 9.97 Å². The quantitative estimate of drug-likeness (QED) is 0.234. The Labute approximate surface area is 257 Å². The molecule has 3 fully saturated rings. The van der Waals surface area contributed by atoms with Crippen molar-refractivity contribution in [2.24, 2.45) is 0 Å². The van der Waals surface area contributed by atoms with Crippen LogP contribution in [0.15, 0.2) is 30.5 Å². The first-order valence-electron chi connectivity index (χ1n) is 15.3. The van der Waals surface area contributed by atoms with Crippen LogP contribution >= 0.6 is 0 Å². The zero-order valence-corrected chi connectivity index (χ0v) is 24.8. The first-order valence-corrected chi connectivity index (χ1v) is 15.3. The lowest BCUT2D eigenvalue weighted by atomic mass is 9.94. The van der Waals surface area contributed by atoms with Crippen molar-refractivity contribution in [3.05, 3.63) is 47.7 Å². The van der Waals surface area contributed by atoms with Gasteiger partial charge >= 0.3 is 12.0 Å². The lowest BCUT2D eigenvalue weighted by Crippen LogP contribution is -2.43. The average Bonchev–Trinajstić information content (AvgIpc) is 3.71. The number of aromatic hydroxyl groups is 1. The number of halogens is 2. The molecule has 0 atom stereocenters. The molecule has 0 aliphatic carbocycles. The number of aryl methyl sites for hydroxylation is 1. The zero-order valence-electron chi connectivity index (χ0n) is 24.8. The summed E-state index contributed by atoms with van der Waals surface area (Å²) in [5.41, 5.74) is 0.352. The summed E-state index contributed by atoms with van der Waals surface area (Å²) in [5, 5.41) is 17.4. The Kier molecular flexibility index (Phi) is 7.35. The maximum Gasteiger partial charge on any atom is 0.324 e. The van der Waals surface area contributed by atoms with E-state index >= 15 is 4.39 Å². The molecule has 7 rings (SSSR count). The van der Waals surface area contributed by atoms with Gasteiger partial charge in [-0.05, 0) is 79.7 Å². The van der Waals surface area contributed by atoms with Gasteiger partial charge in [0.15, 0.2) is 5.82 Å². The molecule has 45 heavy (non-hydrogen) atoms. The molecule has 3 N–H and O–H groups in total. The number of benzene rings is 2. The highest BCUT2D eigenvalue weighted by molar-refractivity contribution is 6.02. The Balaban J connectivity index is 1.30. The van der Waals surface area contributed by atoms with Gasteiger partial charge < -0.3 is 20.5 Å². The molecule has 3 amide bonds. The van der Waals surface area contributed by atoms with Crippen molar-refractivity contribution in [3.8, 4) is 23.0 Å². The molecule has 11 nitrogen and oxygen atoms in total. The summed E-state index contributed by atoms with van der Waals surface area (Å²) in [4.78, 5) is 41.1. The SMILES string of the molecule is CCc1c(F)ccc2cc(O)cc(-c3ncc4c(NCCN5C(=O)CNC5=O)nc(OCC56CCCN5CCC6)nc4c3F)c12. The van der Waals surface area contributed by atoms with Crippen LogP contribution in [0.3, 0.4) is 0 Å². The molecule has 5 heterocycles. The van der Waals surface area contributed by atoms with E-state index in [1.54, 1.807) is 6.07 Å². The Morgan fingerprint density at radius 3 is 2.67 bits per heavy atom. The summed E-state index contributed by atoms with van der Waals surface area (Å²) in [5.74, 6) is -1.43. The second-order valence-corrected chi connectivity index (χ2v) is 11.8. The molecule has 2 aromatic heterocycles. The van der Waals surface area contributed by atoms with Crippen LogP contribution in [0.2, 0.25) is 0 Å². The summed E-state index contributed by atoms with van der Waals surface area (Å²) in [6, 6.07) is 5.26. The summed E-state index contributed by atoms with van der Waals surface area (Å²) in [7, 11) is 0. The molecular weight excluding hydrogens is 584 g/mol. The fraction of sp³-hybridized carbons (Fsp3) is 0.406. The van der Waals surface area contributed by atoms with Crippen LogP contribution in [0.1, 0.15) is 38.2 Å². The van der Waals surface area contributed by atoms with Gasteiger partial charge in [-0.1, -0.05) is 13.0 Å². The maximum atomic E-state index is 16.6. The summed E-state index contributed by atoms with van der Waals surface area (Å²) < 4.78 is 37.7. The number of hydrogen-bond acceptors (Lipinski definition) is 9. The number of rotatable bonds is 9. The van der Waals surface area contributed by atoms with Crippen molar-refractivity contribution in [1.29, 1.82) is 0 Å². The van der Waals surface area contributed by atoms with E-state index in [0.717, 1.165) is 43.7 Å². The number of imide groups is 1. The highest BCUT2D eigenvalue weighted by atomic mass is 19.1. The third-order valence-electron chi connectivity index (χ3n) is 9.27. The molecule has 234 valence electrons. The molecule has 4 aromatic rings. The first-order chi connectivity index (χ1) is 21.8. The summed E-state index contributed by atoms with van der Waals surface area (Å²) in [6.07, 6.45) is 5.93. The predicted octanol–water partition coefficient (Wildman–Crippen LogP) is 4.36. The topological polar surface area (TPSA) is 133 Å². The number of fused-ring (bicyclic) bond motifs is 3. The fourth-order valence-corrected chi connectivity index (χ4v) is 7.08. The molecule has 0 radical (unpaired) electrons. The minimum atomic E-state index is -0.781. The van der Waals surface area contributed by atoms with E-state index in [1.165, 1.54) is 24.4 Å². The van der Waals surface area contributed by atoms with Gasteiger partial charge in [0.2, 0.25) is 5.91 Å².